The maximum atomic E-state index is 12.0. The number of benzene rings is 1. The first kappa shape index (κ1) is 16.2. The van der Waals surface area contributed by atoms with Crippen LogP contribution >= 0.6 is 28.5 Å². The quantitative estimate of drug-likeness (QED) is 0.477. The van der Waals surface area contributed by atoms with Gasteiger partial charge in [-0.25, -0.2) is 0 Å². The van der Waals surface area contributed by atoms with Crippen LogP contribution in [0.4, 0.5) is 0 Å². The number of unbranched alkanes of at least 4 members (excludes halogenated alkanes) is 4. The van der Waals surface area contributed by atoms with E-state index in [9.17, 15) is 9.46 Å². The second-order valence-electron chi connectivity index (χ2n) is 4.12. The first-order valence-corrected chi connectivity index (χ1v) is 11.0. The standard InChI is InChI=1S/C13H21O2PS2/c1-2-3-4-5-9-12-17-16(14,15)18-13-10-7-6-8-11-13/h6-8,10-11H,2-5,9,12H2,1H3,(H,14,15). The first-order chi connectivity index (χ1) is 8.64. The largest absolute Gasteiger partial charge is 0.329 e. The molecule has 1 rings (SSSR count). The van der Waals surface area contributed by atoms with Gasteiger partial charge in [0.05, 0.1) is 0 Å². The summed E-state index contributed by atoms with van der Waals surface area (Å²) in [5.74, 6) is -2.36. The van der Waals surface area contributed by atoms with Gasteiger partial charge in [0.15, 0.2) is 0 Å². The van der Waals surface area contributed by atoms with Gasteiger partial charge < -0.3 is 4.89 Å². The minimum atomic E-state index is -3.14. The zero-order chi connectivity index (χ0) is 13.3. The van der Waals surface area contributed by atoms with Gasteiger partial charge in [0.1, 0.15) is 0 Å². The van der Waals surface area contributed by atoms with Gasteiger partial charge in [-0.1, -0.05) is 62.2 Å². The van der Waals surface area contributed by atoms with Crippen LogP contribution < -0.4 is 0 Å². The third-order valence-corrected chi connectivity index (χ3v) is 8.45. The highest BCUT2D eigenvalue weighted by molar-refractivity contribution is 8.88. The van der Waals surface area contributed by atoms with E-state index in [2.05, 4.69) is 6.92 Å². The van der Waals surface area contributed by atoms with Crippen molar-refractivity contribution in [3.8, 4) is 0 Å². The predicted octanol–water partition coefficient (Wildman–Crippen LogP) is 5.58. The van der Waals surface area contributed by atoms with Crippen LogP contribution in [0, 0.1) is 0 Å². The normalized spacial score (nSPS) is 14.3. The van der Waals surface area contributed by atoms with Crippen LogP contribution in [0.15, 0.2) is 35.2 Å². The molecular formula is C13H21O2PS2. The minimum absolute atomic E-state index is 0.775. The van der Waals surface area contributed by atoms with Crippen molar-refractivity contribution in [3.05, 3.63) is 30.3 Å². The SMILES string of the molecule is CCCCCCCSP(=O)(O)Sc1ccccc1. The van der Waals surface area contributed by atoms with Gasteiger partial charge in [-0.3, -0.25) is 4.57 Å². The lowest BCUT2D eigenvalue weighted by Crippen LogP contribution is -1.81. The Bertz CT molecular complexity index is 371. The smallest absolute Gasteiger partial charge is 0.315 e. The molecule has 1 unspecified atom stereocenters. The molecule has 0 bridgehead atoms. The Morgan fingerprint density at radius 1 is 1.11 bits per heavy atom. The third kappa shape index (κ3) is 7.52. The summed E-state index contributed by atoms with van der Waals surface area (Å²) in [5, 5.41) is 0. The summed E-state index contributed by atoms with van der Waals surface area (Å²) in [5.41, 5.74) is 0. The van der Waals surface area contributed by atoms with E-state index in [0.29, 0.717) is 0 Å². The number of hydrogen-bond donors (Lipinski definition) is 1. The average molecular weight is 304 g/mol. The van der Waals surface area contributed by atoms with E-state index >= 15 is 0 Å². The molecule has 1 N–H and O–H groups in total. The number of rotatable bonds is 9. The molecule has 0 aliphatic carbocycles. The van der Waals surface area contributed by atoms with Crippen molar-refractivity contribution in [1.82, 2.24) is 0 Å². The summed E-state index contributed by atoms with van der Waals surface area (Å²) >= 11 is 2.29. The molecule has 0 fully saturated rings. The highest BCUT2D eigenvalue weighted by Crippen LogP contribution is 2.68. The number of hydrogen-bond acceptors (Lipinski definition) is 3. The van der Waals surface area contributed by atoms with Crippen LogP contribution in [-0.2, 0) is 4.57 Å². The Morgan fingerprint density at radius 3 is 2.44 bits per heavy atom. The van der Waals surface area contributed by atoms with E-state index in [1.54, 1.807) is 0 Å². The molecule has 0 aliphatic rings. The Labute approximate surface area is 118 Å². The second kappa shape index (κ2) is 9.08. The molecule has 102 valence electrons. The molecule has 5 heteroatoms. The maximum absolute atomic E-state index is 12.0. The lowest BCUT2D eigenvalue weighted by atomic mass is 10.2. The summed E-state index contributed by atoms with van der Waals surface area (Å²) < 4.78 is 12.0. The van der Waals surface area contributed by atoms with Gasteiger partial charge in [0.25, 0.3) is 0 Å². The van der Waals surface area contributed by atoms with E-state index in [1.807, 2.05) is 30.3 Å². The average Bonchev–Trinajstić information content (AvgIpc) is 2.34. The zero-order valence-electron chi connectivity index (χ0n) is 10.7. The molecule has 0 spiro atoms. The van der Waals surface area contributed by atoms with Crippen LogP contribution in [0.3, 0.4) is 0 Å². The molecule has 1 aromatic rings. The van der Waals surface area contributed by atoms with Crippen LogP contribution in [-0.4, -0.2) is 10.6 Å². The predicted molar refractivity (Wildman–Crippen MR) is 83.3 cm³/mol. The van der Waals surface area contributed by atoms with Crippen molar-refractivity contribution in [2.45, 2.75) is 43.9 Å². The van der Waals surface area contributed by atoms with E-state index in [0.717, 1.165) is 34.9 Å². The molecular weight excluding hydrogens is 283 g/mol. The van der Waals surface area contributed by atoms with Crippen molar-refractivity contribution >= 4 is 28.5 Å². The molecule has 0 saturated carbocycles. The maximum Gasteiger partial charge on any atom is 0.315 e. The van der Waals surface area contributed by atoms with Gasteiger partial charge in [-0.05, 0) is 29.9 Å². The van der Waals surface area contributed by atoms with Crippen molar-refractivity contribution in [2.24, 2.45) is 0 Å². The summed E-state index contributed by atoms with van der Waals surface area (Å²) in [6.45, 7) is 2.19. The Hall–Kier alpha value is 0.110. The van der Waals surface area contributed by atoms with Crippen molar-refractivity contribution in [1.29, 1.82) is 0 Å². The summed E-state index contributed by atoms with van der Waals surface area (Å²) in [4.78, 5) is 10.7. The molecule has 0 saturated heterocycles. The third-order valence-electron chi connectivity index (χ3n) is 2.47. The molecule has 18 heavy (non-hydrogen) atoms. The van der Waals surface area contributed by atoms with Gasteiger partial charge in [0, 0.05) is 10.6 Å². The topological polar surface area (TPSA) is 37.3 Å². The molecule has 0 radical (unpaired) electrons. The van der Waals surface area contributed by atoms with Crippen molar-refractivity contribution in [2.75, 3.05) is 5.75 Å². The minimum Gasteiger partial charge on any atom is -0.329 e. The zero-order valence-corrected chi connectivity index (χ0v) is 13.3. The van der Waals surface area contributed by atoms with Crippen molar-refractivity contribution in [3.63, 3.8) is 0 Å². The second-order valence-corrected chi connectivity index (χ2v) is 11.4. The van der Waals surface area contributed by atoms with E-state index in [-0.39, 0.29) is 0 Å². The summed E-state index contributed by atoms with van der Waals surface area (Å²) in [7, 11) is 0. The Morgan fingerprint density at radius 2 is 1.78 bits per heavy atom. The monoisotopic (exact) mass is 304 g/mol. The van der Waals surface area contributed by atoms with Crippen LogP contribution in [0.25, 0.3) is 0 Å². The fourth-order valence-corrected chi connectivity index (χ4v) is 7.01. The molecule has 0 heterocycles. The van der Waals surface area contributed by atoms with E-state index in [4.69, 9.17) is 0 Å². The highest BCUT2D eigenvalue weighted by Gasteiger charge is 2.20. The van der Waals surface area contributed by atoms with Gasteiger partial charge >= 0.3 is 5.77 Å². The van der Waals surface area contributed by atoms with Crippen molar-refractivity contribution < 1.29 is 9.46 Å². The first-order valence-electron chi connectivity index (χ1n) is 6.36. The molecule has 1 atom stereocenters. The van der Waals surface area contributed by atoms with Crippen LogP contribution in [0.2, 0.25) is 0 Å². The highest BCUT2D eigenvalue weighted by atomic mass is 33.1. The van der Waals surface area contributed by atoms with Crippen LogP contribution in [0.5, 0.6) is 0 Å². The Kier molecular flexibility index (Phi) is 8.16. The fourth-order valence-electron chi connectivity index (χ4n) is 1.53. The fraction of sp³-hybridized carbons (Fsp3) is 0.538. The lowest BCUT2D eigenvalue weighted by Gasteiger charge is -2.09. The Balaban J connectivity index is 2.21. The lowest BCUT2D eigenvalue weighted by molar-refractivity contribution is 0.514. The molecule has 0 aromatic heterocycles. The van der Waals surface area contributed by atoms with E-state index in [1.165, 1.54) is 30.6 Å². The summed E-state index contributed by atoms with van der Waals surface area (Å²) in [6, 6.07) is 9.42. The van der Waals surface area contributed by atoms with Gasteiger partial charge in [-0.2, -0.15) is 0 Å². The molecule has 2 nitrogen and oxygen atoms in total. The molecule has 1 aromatic carbocycles. The molecule has 0 aliphatic heterocycles. The van der Waals surface area contributed by atoms with Crippen LogP contribution in [0.1, 0.15) is 39.0 Å². The van der Waals surface area contributed by atoms with Gasteiger partial charge in [-0.15, -0.1) is 0 Å². The van der Waals surface area contributed by atoms with Gasteiger partial charge in [0.2, 0.25) is 0 Å². The molecule has 0 amide bonds. The van der Waals surface area contributed by atoms with E-state index < -0.39 is 5.77 Å². The summed E-state index contributed by atoms with van der Waals surface area (Å²) in [6.07, 6.45) is 5.93.